The molecule has 1 aliphatic heterocycles. The average Bonchev–Trinajstić information content (AvgIpc) is 2.97. The van der Waals surface area contributed by atoms with Crippen molar-refractivity contribution in [1.29, 1.82) is 0 Å². The summed E-state index contributed by atoms with van der Waals surface area (Å²) in [5.41, 5.74) is 0. The Labute approximate surface area is 129 Å². The van der Waals surface area contributed by atoms with Crippen molar-refractivity contribution >= 4 is 5.95 Å². The van der Waals surface area contributed by atoms with Crippen molar-refractivity contribution in [3.05, 3.63) is 24.3 Å². The number of aromatic nitrogens is 4. The van der Waals surface area contributed by atoms with E-state index in [4.69, 9.17) is 9.47 Å². The quantitative estimate of drug-likeness (QED) is 0.803. The van der Waals surface area contributed by atoms with Crippen LogP contribution in [0.25, 0.3) is 0 Å². The monoisotopic (exact) mass is 303 g/mol. The molecule has 2 aromatic rings. The van der Waals surface area contributed by atoms with E-state index in [1.807, 2.05) is 12.4 Å². The number of rotatable bonds is 6. The number of ether oxygens (including phenoxy) is 2. The van der Waals surface area contributed by atoms with Gasteiger partial charge in [0.05, 0.1) is 20.3 Å². The minimum Gasteiger partial charge on any atom is -0.481 e. The van der Waals surface area contributed by atoms with Crippen molar-refractivity contribution in [2.45, 2.75) is 19.9 Å². The Balaban J connectivity index is 1.63. The minimum atomic E-state index is 0.521. The zero-order chi connectivity index (χ0) is 15.5. The molecule has 0 bridgehead atoms. The molecule has 0 radical (unpaired) electrons. The van der Waals surface area contributed by atoms with Gasteiger partial charge >= 0.3 is 0 Å². The number of nitrogens with zero attached hydrogens (tertiary/aromatic N) is 5. The van der Waals surface area contributed by atoms with E-state index >= 15 is 0 Å². The van der Waals surface area contributed by atoms with Crippen molar-refractivity contribution < 1.29 is 9.47 Å². The molecule has 1 aliphatic rings. The number of imidazole rings is 1. The highest BCUT2D eigenvalue weighted by Gasteiger charge is 2.30. The molecule has 7 nitrogen and oxygen atoms in total. The van der Waals surface area contributed by atoms with Crippen molar-refractivity contribution in [2.24, 2.45) is 5.92 Å². The maximum Gasteiger partial charge on any atom is 0.231 e. The first-order chi connectivity index (χ1) is 10.7. The van der Waals surface area contributed by atoms with E-state index in [-0.39, 0.29) is 0 Å². The molecule has 118 valence electrons. The van der Waals surface area contributed by atoms with E-state index in [9.17, 15) is 0 Å². The first kappa shape index (κ1) is 14.6. The second kappa shape index (κ2) is 6.21. The van der Waals surface area contributed by atoms with Crippen LogP contribution in [0.15, 0.2) is 18.5 Å². The van der Waals surface area contributed by atoms with Crippen LogP contribution < -0.4 is 14.4 Å². The van der Waals surface area contributed by atoms with E-state index in [0.29, 0.717) is 23.6 Å². The molecule has 0 spiro atoms. The molecule has 0 unspecified atom stereocenters. The summed E-state index contributed by atoms with van der Waals surface area (Å²) >= 11 is 0. The Morgan fingerprint density at radius 3 is 2.45 bits per heavy atom. The van der Waals surface area contributed by atoms with Gasteiger partial charge in [-0.3, -0.25) is 0 Å². The van der Waals surface area contributed by atoms with Crippen LogP contribution in [-0.2, 0) is 13.0 Å². The fraction of sp³-hybridized carbons (Fsp3) is 0.533. The summed E-state index contributed by atoms with van der Waals surface area (Å²) < 4.78 is 12.6. The highest BCUT2D eigenvalue weighted by Crippen LogP contribution is 2.26. The average molecular weight is 303 g/mol. The molecule has 0 N–H and O–H groups in total. The van der Waals surface area contributed by atoms with E-state index in [2.05, 4.69) is 31.3 Å². The van der Waals surface area contributed by atoms with Crippen LogP contribution in [0.3, 0.4) is 0 Å². The van der Waals surface area contributed by atoms with Gasteiger partial charge in [-0.15, -0.1) is 0 Å². The molecule has 1 saturated heterocycles. The van der Waals surface area contributed by atoms with Crippen LogP contribution in [0.4, 0.5) is 5.95 Å². The topological polar surface area (TPSA) is 65.3 Å². The smallest absolute Gasteiger partial charge is 0.231 e. The van der Waals surface area contributed by atoms with Crippen molar-refractivity contribution in [3.63, 3.8) is 0 Å². The van der Waals surface area contributed by atoms with Gasteiger partial charge in [-0.05, 0) is 0 Å². The van der Waals surface area contributed by atoms with Crippen LogP contribution in [0.5, 0.6) is 11.8 Å². The lowest BCUT2D eigenvalue weighted by Crippen LogP contribution is -2.49. The standard InChI is InChI=1S/C15H21N5O2/c1-4-12-16-5-6-19(12)8-11-9-20(10-11)15-17-13(21-2)7-14(18-15)22-3/h5-7,11H,4,8-10H2,1-3H3. The number of methoxy groups -OCH3 is 2. The number of anilines is 1. The third kappa shape index (κ3) is 2.84. The number of aryl methyl sites for hydroxylation is 1. The molecular weight excluding hydrogens is 282 g/mol. The van der Waals surface area contributed by atoms with Gasteiger partial charge in [-0.25, -0.2) is 4.98 Å². The molecule has 1 fully saturated rings. The summed E-state index contributed by atoms with van der Waals surface area (Å²) in [6.07, 6.45) is 4.87. The van der Waals surface area contributed by atoms with Gasteiger partial charge in [0.1, 0.15) is 5.82 Å². The van der Waals surface area contributed by atoms with Crippen LogP contribution in [0, 0.1) is 5.92 Å². The lowest BCUT2D eigenvalue weighted by Gasteiger charge is -2.39. The predicted molar refractivity (Wildman–Crippen MR) is 82.4 cm³/mol. The Hall–Kier alpha value is -2.31. The molecule has 0 atom stereocenters. The fourth-order valence-corrected chi connectivity index (χ4v) is 2.69. The third-order valence-electron chi connectivity index (χ3n) is 3.90. The Morgan fingerprint density at radius 1 is 1.18 bits per heavy atom. The molecule has 0 amide bonds. The third-order valence-corrected chi connectivity index (χ3v) is 3.90. The van der Waals surface area contributed by atoms with Crippen LogP contribution in [0.1, 0.15) is 12.7 Å². The van der Waals surface area contributed by atoms with Crippen LogP contribution >= 0.6 is 0 Å². The molecule has 3 rings (SSSR count). The SMILES string of the molecule is CCc1nccn1CC1CN(c2nc(OC)cc(OC)n2)C1. The van der Waals surface area contributed by atoms with Crippen molar-refractivity contribution in [2.75, 3.05) is 32.2 Å². The predicted octanol–water partition coefficient (Wildman–Crippen LogP) is 1.39. The van der Waals surface area contributed by atoms with Gasteiger partial charge in [0.25, 0.3) is 0 Å². The molecule has 7 heteroatoms. The molecule has 0 saturated carbocycles. The maximum atomic E-state index is 5.19. The zero-order valence-electron chi connectivity index (χ0n) is 13.2. The zero-order valence-corrected chi connectivity index (χ0v) is 13.2. The van der Waals surface area contributed by atoms with Crippen molar-refractivity contribution in [3.8, 4) is 11.8 Å². The van der Waals surface area contributed by atoms with Crippen molar-refractivity contribution in [1.82, 2.24) is 19.5 Å². The minimum absolute atomic E-state index is 0.521. The lowest BCUT2D eigenvalue weighted by molar-refractivity contribution is 0.338. The summed E-state index contributed by atoms with van der Waals surface area (Å²) in [6.45, 7) is 4.97. The van der Waals surface area contributed by atoms with E-state index in [0.717, 1.165) is 31.9 Å². The number of hydrogen-bond donors (Lipinski definition) is 0. The van der Waals surface area contributed by atoms with Gasteiger partial charge < -0.3 is 18.9 Å². The maximum absolute atomic E-state index is 5.19. The van der Waals surface area contributed by atoms with Gasteiger partial charge in [0, 0.05) is 44.4 Å². The lowest BCUT2D eigenvalue weighted by atomic mass is 10.0. The summed E-state index contributed by atoms with van der Waals surface area (Å²) in [5, 5.41) is 0. The summed E-state index contributed by atoms with van der Waals surface area (Å²) in [6, 6.07) is 1.68. The van der Waals surface area contributed by atoms with Gasteiger partial charge in [0.2, 0.25) is 17.7 Å². The Morgan fingerprint density at radius 2 is 1.86 bits per heavy atom. The first-order valence-electron chi connectivity index (χ1n) is 7.45. The van der Waals surface area contributed by atoms with Gasteiger partial charge in [0.15, 0.2) is 0 Å². The summed E-state index contributed by atoms with van der Waals surface area (Å²) in [4.78, 5) is 15.3. The first-order valence-corrected chi connectivity index (χ1v) is 7.45. The Bertz CT molecular complexity index is 614. The molecule has 2 aromatic heterocycles. The summed E-state index contributed by atoms with van der Waals surface area (Å²) in [7, 11) is 3.19. The Kier molecular flexibility index (Phi) is 4.13. The second-order valence-corrected chi connectivity index (χ2v) is 5.37. The molecule has 0 aromatic carbocycles. The fourth-order valence-electron chi connectivity index (χ4n) is 2.69. The normalized spacial score (nSPS) is 14.8. The molecule has 0 aliphatic carbocycles. The highest BCUT2D eigenvalue weighted by molar-refractivity contribution is 5.39. The number of hydrogen-bond acceptors (Lipinski definition) is 6. The largest absolute Gasteiger partial charge is 0.481 e. The molecular formula is C15H21N5O2. The van der Waals surface area contributed by atoms with E-state index in [1.165, 1.54) is 0 Å². The van der Waals surface area contributed by atoms with E-state index < -0.39 is 0 Å². The molecule has 22 heavy (non-hydrogen) atoms. The van der Waals surface area contributed by atoms with E-state index in [1.54, 1.807) is 20.3 Å². The molecule has 3 heterocycles. The van der Waals surface area contributed by atoms with Crippen LogP contribution in [0.2, 0.25) is 0 Å². The second-order valence-electron chi connectivity index (χ2n) is 5.37. The van der Waals surface area contributed by atoms with Crippen LogP contribution in [-0.4, -0.2) is 46.8 Å². The van der Waals surface area contributed by atoms with Gasteiger partial charge in [-0.2, -0.15) is 9.97 Å². The highest BCUT2D eigenvalue weighted by atomic mass is 16.5. The summed E-state index contributed by atoms with van der Waals surface area (Å²) in [5.74, 6) is 3.42. The van der Waals surface area contributed by atoms with Gasteiger partial charge in [-0.1, -0.05) is 6.92 Å².